The molecule has 2 aromatic rings. The maximum atomic E-state index is 14.5. The number of hydrogen-bond donors (Lipinski definition) is 3. The number of nitrogens with one attached hydrogen (secondary N) is 3. The summed E-state index contributed by atoms with van der Waals surface area (Å²) in [6.07, 6.45) is 8.14. The smallest absolute Gasteiger partial charge is 0.261 e. The Balaban J connectivity index is 1.53. The first kappa shape index (κ1) is 18.7. The molecule has 1 aliphatic heterocycles. The lowest BCUT2D eigenvalue weighted by Gasteiger charge is -2.15. The van der Waals surface area contributed by atoms with Gasteiger partial charge in [-0.25, -0.2) is 9.37 Å². The number of H-pyrrole nitrogens is 1. The zero-order valence-electron chi connectivity index (χ0n) is 15.5. The molecule has 4 rings (SSSR count). The van der Waals surface area contributed by atoms with E-state index in [0.29, 0.717) is 28.4 Å². The number of benzene rings is 1. The van der Waals surface area contributed by atoms with Gasteiger partial charge in [-0.3, -0.25) is 4.79 Å². The predicted octanol–water partition coefficient (Wildman–Crippen LogP) is 3.79. The zero-order valence-corrected chi connectivity index (χ0v) is 16.3. The van der Waals surface area contributed by atoms with Crippen LogP contribution in [0.15, 0.2) is 16.9 Å². The highest BCUT2D eigenvalue weighted by Crippen LogP contribution is 2.27. The molecule has 1 saturated carbocycles. The summed E-state index contributed by atoms with van der Waals surface area (Å²) in [5.41, 5.74) is 0.777. The van der Waals surface area contributed by atoms with Crippen molar-refractivity contribution in [1.82, 2.24) is 15.3 Å². The van der Waals surface area contributed by atoms with E-state index < -0.39 is 5.82 Å². The van der Waals surface area contributed by atoms with E-state index in [-0.39, 0.29) is 10.9 Å². The number of fused-ring (bicyclic) bond motifs is 1. The number of aromatic amines is 1. The van der Waals surface area contributed by atoms with Crippen molar-refractivity contribution < 1.29 is 4.39 Å². The second kappa shape index (κ2) is 8.61. The molecule has 0 bridgehead atoms. The second-order valence-corrected chi connectivity index (χ2v) is 8.89. The average Bonchev–Trinajstić information content (AvgIpc) is 3.00. The van der Waals surface area contributed by atoms with Crippen molar-refractivity contribution >= 4 is 28.4 Å². The molecule has 27 heavy (non-hydrogen) atoms. The van der Waals surface area contributed by atoms with E-state index in [1.54, 1.807) is 0 Å². The van der Waals surface area contributed by atoms with E-state index >= 15 is 0 Å². The van der Waals surface area contributed by atoms with Crippen molar-refractivity contribution in [1.29, 1.82) is 0 Å². The molecule has 1 atom stereocenters. The maximum absolute atomic E-state index is 14.5. The molecule has 0 radical (unpaired) electrons. The lowest BCUT2D eigenvalue weighted by atomic mass is 10.2. The van der Waals surface area contributed by atoms with Crippen molar-refractivity contribution in [2.75, 3.05) is 18.4 Å². The Bertz CT molecular complexity index is 842. The summed E-state index contributed by atoms with van der Waals surface area (Å²) in [5, 5.41) is 7.45. The number of aromatic nitrogens is 2. The Morgan fingerprint density at radius 2 is 2.00 bits per heavy atom. The van der Waals surface area contributed by atoms with Crippen molar-refractivity contribution in [3.63, 3.8) is 0 Å². The number of halogens is 1. The molecular formula is C20H27FN4OS. The Kier molecular flexibility index (Phi) is 5.98. The van der Waals surface area contributed by atoms with Crippen LogP contribution in [0.2, 0.25) is 0 Å². The third-order valence-electron chi connectivity index (χ3n) is 5.51. The summed E-state index contributed by atoms with van der Waals surface area (Å²) in [7, 11) is 0. The van der Waals surface area contributed by atoms with E-state index in [2.05, 4.69) is 20.6 Å². The average molecular weight is 391 g/mol. The molecule has 0 amide bonds. The summed E-state index contributed by atoms with van der Waals surface area (Å²) in [5.74, 6) is 0.778. The van der Waals surface area contributed by atoms with Gasteiger partial charge in [0.25, 0.3) is 5.56 Å². The highest BCUT2D eigenvalue weighted by molar-refractivity contribution is 7.99. The third kappa shape index (κ3) is 4.63. The van der Waals surface area contributed by atoms with Gasteiger partial charge in [0, 0.05) is 17.0 Å². The standard InChI is InChI=1S/C20H27FN4OS/c21-16-10-14(23-13-4-1-2-5-13)11-17-19(16)20(26)25-18(24-17)12-27-15-6-3-8-22-9-7-15/h10-11,13,15,22-23H,1-9,12H2,(H,24,25,26). The van der Waals surface area contributed by atoms with Crippen molar-refractivity contribution in [3.05, 3.63) is 34.1 Å². The zero-order chi connectivity index (χ0) is 18.6. The van der Waals surface area contributed by atoms with E-state index in [1.165, 1.54) is 31.7 Å². The van der Waals surface area contributed by atoms with Crippen LogP contribution in [0.5, 0.6) is 0 Å². The lowest BCUT2D eigenvalue weighted by Crippen LogP contribution is -2.17. The first-order valence-corrected chi connectivity index (χ1v) is 11.1. The Hall–Kier alpha value is -1.60. The Morgan fingerprint density at radius 1 is 1.15 bits per heavy atom. The monoisotopic (exact) mass is 390 g/mol. The number of rotatable bonds is 5. The quantitative estimate of drug-likeness (QED) is 0.725. The SMILES string of the molecule is O=c1[nH]c(CSC2CCCNCC2)nc2cc(NC3CCCC3)cc(F)c12. The summed E-state index contributed by atoms with van der Waals surface area (Å²) in [6, 6.07) is 3.63. The minimum atomic E-state index is -0.504. The minimum Gasteiger partial charge on any atom is -0.382 e. The van der Waals surface area contributed by atoms with E-state index in [4.69, 9.17) is 0 Å². The number of thioether (sulfide) groups is 1. The molecule has 7 heteroatoms. The summed E-state index contributed by atoms with van der Waals surface area (Å²) >= 11 is 1.83. The van der Waals surface area contributed by atoms with Gasteiger partial charge in [0.2, 0.25) is 0 Å². The highest BCUT2D eigenvalue weighted by atomic mass is 32.2. The molecule has 0 spiro atoms. The molecule has 146 valence electrons. The van der Waals surface area contributed by atoms with E-state index in [0.717, 1.165) is 38.0 Å². The molecule has 1 aromatic heterocycles. The van der Waals surface area contributed by atoms with Crippen LogP contribution in [0.4, 0.5) is 10.1 Å². The first-order valence-electron chi connectivity index (χ1n) is 10.0. The summed E-state index contributed by atoms with van der Waals surface area (Å²) in [4.78, 5) is 19.8. The van der Waals surface area contributed by atoms with Crippen LogP contribution in [-0.4, -0.2) is 34.3 Å². The lowest BCUT2D eigenvalue weighted by molar-refractivity contribution is 0.637. The molecule has 5 nitrogen and oxygen atoms in total. The second-order valence-electron chi connectivity index (χ2n) is 7.60. The van der Waals surface area contributed by atoms with Gasteiger partial charge >= 0.3 is 0 Å². The molecule has 1 saturated heterocycles. The van der Waals surface area contributed by atoms with Crippen LogP contribution in [0.1, 0.15) is 50.8 Å². The molecule has 1 unspecified atom stereocenters. The van der Waals surface area contributed by atoms with E-state index in [9.17, 15) is 9.18 Å². The van der Waals surface area contributed by atoms with Crippen LogP contribution in [0, 0.1) is 5.82 Å². The number of hydrogen-bond acceptors (Lipinski definition) is 5. The molecule has 1 aliphatic carbocycles. The predicted molar refractivity (Wildman–Crippen MR) is 110 cm³/mol. The van der Waals surface area contributed by atoms with Crippen molar-refractivity contribution in [3.8, 4) is 0 Å². The molecule has 2 aliphatic rings. The summed E-state index contributed by atoms with van der Waals surface area (Å²) in [6.45, 7) is 2.12. The van der Waals surface area contributed by atoms with Crippen LogP contribution in [0.3, 0.4) is 0 Å². The van der Waals surface area contributed by atoms with Crippen LogP contribution in [0.25, 0.3) is 10.9 Å². The van der Waals surface area contributed by atoms with Crippen molar-refractivity contribution in [2.24, 2.45) is 0 Å². The molecule has 2 heterocycles. The Labute approximate surface area is 162 Å². The third-order valence-corrected chi connectivity index (χ3v) is 6.90. The van der Waals surface area contributed by atoms with E-state index in [1.807, 2.05) is 17.8 Å². The number of nitrogens with zero attached hydrogens (tertiary/aromatic N) is 1. The van der Waals surface area contributed by atoms with Gasteiger partial charge in [-0.1, -0.05) is 12.8 Å². The molecule has 2 fully saturated rings. The Morgan fingerprint density at radius 3 is 2.85 bits per heavy atom. The van der Waals surface area contributed by atoms with Crippen LogP contribution < -0.4 is 16.2 Å². The highest BCUT2D eigenvalue weighted by Gasteiger charge is 2.18. The fraction of sp³-hybridized carbons (Fsp3) is 0.600. The fourth-order valence-corrected chi connectivity index (χ4v) is 5.23. The van der Waals surface area contributed by atoms with Crippen LogP contribution >= 0.6 is 11.8 Å². The van der Waals surface area contributed by atoms with Gasteiger partial charge in [0.15, 0.2) is 0 Å². The van der Waals surface area contributed by atoms with Gasteiger partial charge < -0.3 is 15.6 Å². The molecule has 1 aromatic carbocycles. The van der Waals surface area contributed by atoms with Gasteiger partial charge in [-0.05, 0) is 57.3 Å². The van der Waals surface area contributed by atoms with Crippen molar-refractivity contribution in [2.45, 2.75) is 62.0 Å². The molecular weight excluding hydrogens is 363 g/mol. The largest absolute Gasteiger partial charge is 0.382 e. The molecule has 3 N–H and O–H groups in total. The minimum absolute atomic E-state index is 0.0550. The normalized spacial score (nSPS) is 21.4. The van der Waals surface area contributed by atoms with Gasteiger partial charge in [-0.15, -0.1) is 0 Å². The first-order chi connectivity index (χ1) is 13.2. The fourth-order valence-electron chi connectivity index (χ4n) is 4.08. The van der Waals surface area contributed by atoms with Gasteiger partial charge in [0.1, 0.15) is 17.0 Å². The topological polar surface area (TPSA) is 69.8 Å². The number of anilines is 1. The van der Waals surface area contributed by atoms with Gasteiger partial charge in [0.05, 0.1) is 11.3 Å². The van der Waals surface area contributed by atoms with Gasteiger partial charge in [-0.2, -0.15) is 11.8 Å². The summed E-state index contributed by atoms with van der Waals surface area (Å²) < 4.78 is 14.5. The maximum Gasteiger partial charge on any atom is 0.261 e. The van der Waals surface area contributed by atoms with Crippen LogP contribution in [-0.2, 0) is 5.75 Å².